The molecule has 16 heavy (non-hydrogen) atoms. The van der Waals surface area contributed by atoms with Gasteiger partial charge < -0.3 is 14.8 Å². The summed E-state index contributed by atoms with van der Waals surface area (Å²) in [7, 11) is 0. The van der Waals surface area contributed by atoms with Gasteiger partial charge in [0.05, 0.1) is 6.04 Å². The van der Waals surface area contributed by atoms with Crippen molar-refractivity contribution in [3.8, 4) is 0 Å². The second-order valence-electron chi connectivity index (χ2n) is 4.15. The lowest BCUT2D eigenvalue weighted by molar-refractivity contribution is -0.110. The predicted molar refractivity (Wildman–Crippen MR) is 61.2 cm³/mol. The predicted octanol–water partition coefficient (Wildman–Crippen LogP) is 2.27. The van der Waals surface area contributed by atoms with E-state index in [-0.39, 0.29) is 6.29 Å². The minimum Gasteiger partial charge on any atom is -0.444 e. The van der Waals surface area contributed by atoms with Gasteiger partial charge in [0.1, 0.15) is 11.9 Å². The number of amides is 1. The molecule has 1 N–H and O–H groups in total. The molecular formula is C12H21NO3. The zero-order valence-corrected chi connectivity index (χ0v) is 9.38. The van der Waals surface area contributed by atoms with Crippen LogP contribution in [-0.2, 0) is 9.53 Å². The van der Waals surface area contributed by atoms with Crippen LogP contribution in [0.4, 0.5) is 4.79 Å². The van der Waals surface area contributed by atoms with E-state index in [0.29, 0.717) is 0 Å². The minimum atomic E-state index is -3.29. The van der Waals surface area contributed by atoms with Crippen molar-refractivity contribution in [1.29, 1.82) is 0 Å². The molecule has 0 radical (unpaired) electrons. The molecule has 1 unspecified atom stereocenters. The molecule has 0 heterocycles. The monoisotopic (exact) mass is 236 g/mol. The molecule has 1 aliphatic carbocycles. The Morgan fingerprint density at radius 2 is 2.38 bits per heavy atom. The Kier molecular flexibility index (Phi) is 1.69. The number of hydrogen-bond donors (Lipinski definition) is 1. The smallest absolute Gasteiger partial charge is 0.408 e. The summed E-state index contributed by atoms with van der Waals surface area (Å²) in [6, 6.07) is -2.12. The Hall–Kier alpha value is -1.06. The number of rotatable bonds is 4. The largest absolute Gasteiger partial charge is 0.444 e. The van der Waals surface area contributed by atoms with E-state index in [0.717, 1.165) is 0 Å². The number of aldehydes is 1. The SMILES string of the molecule is [2H]C([2H])(C(C=O)NC(=O)OC(C)(C)C)C1([2H])C([2H])([2H])C([2H])([2H])C1([2H])[2H]. The maximum absolute atomic E-state index is 11.8. The molecule has 0 saturated heterocycles. The van der Waals surface area contributed by atoms with E-state index in [1.165, 1.54) is 20.8 Å². The Morgan fingerprint density at radius 3 is 2.88 bits per heavy atom. The van der Waals surface area contributed by atoms with Crippen LogP contribution in [0.1, 0.15) is 58.6 Å². The van der Waals surface area contributed by atoms with Gasteiger partial charge in [-0.3, -0.25) is 0 Å². The standard InChI is InChI=1S/C12H21NO3/c1-12(2,3)16-11(15)13-10(8-14)7-9-5-4-6-9/h8-10H,4-7H2,1-3H3,(H,13,15)/i4D2,5D2,6D2,7D2,9D. The zero-order valence-electron chi connectivity index (χ0n) is 18.4. The van der Waals surface area contributed by atoms with Crippen LogP contribution in [-0.4, -0.2) is 24.0 Å². The van der Waals surface area contributed by atoms with Crippen LogP contribution in [0.5, 0.6) is 0 Å². The van der Waals surface area contributed by atoms with Crippen molar-refractivity contribution in [2.45, 2.75) is 57.9 Å². The number of carbonyl (C=O) groups is 2. The normalized spacial score (nSPS) is 39.1. The maximum atomic E-state index is 11.8. The van der Waals surface area contributed by atoms with E-state index in [1.807, 2.05) is 5.32 Å². The van der Waals surface area contributed by atoms with Gasteiger partial charge in [-0.2, -0.15) is 0 Å². The van der Waals surface area contributed by atoms with Crippen molar-refractivity contribution < 1.29 is 26.7 Å². The van der Waals surface area contributed by atoms with Gasteiger partial charge in [-0.25, -0.2) is 4.79 Å². The molecule has 0 spiro atoms. The van der Waals surface area contributed by atoms with Crippen molar-refractivity contribution >= 4 is 12.4 Å². The molecule has 0 aliphatic heterocycles. The first-order valence-corrected chi connectivity index (χ1v) is 4.76. The third kappa shape index (κ3) is 4.64. The maximum Gasteiger partial charge on any atom is 0.408 e. The van der Waals surface area contributed by atoms with Gasteiger partial charge in [-0.1, -0.05) is 19.1 Å². The van der Waals surface area contributed by atoms with Crippen LogP contribution in [0.2, 0.25) is 0 Å². The molecule has 1 atom stereocenters. The fourth-order valence-corrected chi connectivity index (χ4v) is 0.891. The summed E-state index contributed by atoms with van der Waals surface area (Å²) < 4.78 is 74.7. The second-order valence-corrected chi connectivity index (χ2v) is 4.15. The highest BCUT2D eigenvalue weighted by molar-refractivity contribution is 5.73. The molecule has 1 saturated carbocycles. The molecule has 92 valence electrons. The van der Waals surface area contributed by atoms with Crippen LogP contribution in [0.3, 0.4) is 0 Å². The van der Waals surface area contributed by atoms with Crippen molar-refractivity contribution in [1.82, 2.24) is 5.32 Å². The molecule has 1 amide bonds. The third-order valence-corrected chi connectivity index (χ3v) is 1.48. The zero-order chi connectivity index (χ0) is 20.3. The average Bonchev–Trinajstić information content (AvgIpc) is 2.40. The van der Waals surface area contributed by atoms with Gasteiger partial charge in [0.15, 0.2) is 0 Å². The Balaban J connectivity index is 3.25. The van der Waals surface area contributed by atoms with Crippen LogP contribution >= 0.6 is 0 Å². The molecule has 1 fully saturated rings. The summed E-state index contributed by atoms with van der Waals surface area (Å²) in [4.78, 5) is 23.1. The molecular weight excluding hydrogens is 206 g/mol. The lowest BCUT2D eigenvalue weighted by Gasteiger charge is -2.28. The van der Waals surface area contributed by atoms with Gasteiger partial charge in [0.25, 0.3) is 0 Å². The van der Waals surface area contributed by atoms with E-state index in [2.05, 4.69) is 0 Å². The summed E-state index contributed by atoms with van der Waals surface area (Å²) in [5.41, 5.74) is -0.972. The number of hydrogen-bond acceptors (Lipinski definition) is 3. The van der Waals surface area contributed by atoms with Crippen LogP contribution < -0.4 is 5.32 Å². The molecule has 4 heteroatoms. The van der Waals surface area contributed by atoms with E-state index < -0.39 is 49.1 Å². The lowest BCUT2D eigenvalue weighted by Crippen LogP contribution is -2.41. The summed E-state index contributed by atoms with van der Waals surface area (Å²) in [5.74, 6) is -3.29. The van der Waals surface area contributed by atoms with Crippen molar-refractivity contribution in [2.75, 3.05) is 0 Å². The van der Waals surface area contributed by atoms with Gasteiger partial charge in [-0.05, 0) is 33.0 Å². The van der Waals surface area contributed by atoms with E-state index in [4.69, 9.17) is 17.1 Å². The van der Waals surface area contributed by atoms with E-state index in [9.17, 15) is 9.59 Å². The molecule has 4 nitrogen and oxygen atoms in total. The van der Waals surface area contributed by atoms with Crippen molar-refractivity contribution in [2.24, 2.45) is 5.89 Å². The highest BCUT2D eigenvalue weighted by atomic mass is 16.6. The molecule has 0 bridgehead atoms. The number of carbonyl (C=O) groups excluding carboxylic acids is 2. The van der Waals surface area contributed by atoms with Gasteiger partial charge in [0, 0.05) is 12.3 Å². The van der Waals surface area contributed by atoms with Crippen LogP contribution in [0.25, 0.3) is 0 Å². The average molecular weight is 236 g/mol. The van der Waals surface area contributed by atoms with Crippen molar-refractivity contribution in [3.63, 3.8) is 0 Å². The Morgan fingerprint density at radius 1 is 1.75 bits per heavy atom. The summed E-state index contributed by atoms with van der Waals surface area (Å²) in [5, 5.41) is 1.86. The van der Waals surface area contributed by atoms with E-state index in [1.54, 1.807) is 0 Å². The molecule has 0 aromatic rings. The first-order valence-electron chi connectivity index (χ1n) is 9.26. The topological polar surface area (TPSA) is 55.4 Å². The summed E-state index contributed by atoms with van der Waals surface area (Å²) in [6.07, 6.45) is -14.3. The number of ether oxygens (including phenoxy) is 1. The minimum absolute atomic E-state index is 0.0970. The Bertz CT molecular complexity index is 553. The third-order valence-electron chi connectivity index (χ3n) is 1.48. The van der Waals surface area contributed by atoms with Crippen LogP contribution in [0, 0.1) is 5.89 Å². The van der Waals surface area contributed by atoms with Crippen molar-refractivity contribution in [3.05, 3.63) is 0 Å². The van der Waals surface area contributed by atoms with Gasteiger partial charge >= 0.3 is 6.09 Å². The quantitative estimate of drug-likeness (QED) is 0.762. The van der Waals surface area contributed by atoms with Gasteiger partial charge in [0.2, 0.25) is 0 Å². The molecule has 0 aromatic heterocycles. The summed E-state index contributed by atoms with van der Waals surface area (Å²) >= 11 is 0. The highest BCUT2D eigenvalue weighted by Crippen LogP contribution is 2.30. The fourth-order valence-electron chi connectivity index (χ4n) is 0.891. The molecule has 1 aliphatic rings. The van der Waals surface area contributed by atoms with Crippen LogP contribution in [0.15, 0.2) is 0 Å². The Labute approximate surface area is 109 Å². The molecule has 1 rings (SSSR count). The highest BCUT2D eigenvalue weighted by Gasteiger charge is 2.24. The fraction of sp³-hybridized carbons (Fsp3) is 0.833. The first-order chi connectivity index (χ1) is 10.8. The molecule has 0 aromatic carbocycles. The van der Waals surface area contributed by atoms with E-state index >= 15 is 0 Å². The van der Waals surface area contributed by atoms with Gasteiger partial charge in [-0.15, -0.1) is 0 Å². The number of nitrogens with one attached hydrogen (secondary N) is 1. The second kappa shape index (κ2) is 5.32. The number of alkyl carbamates (subject to hydrolysis) is 1. The first kappa shape index (κ1) is 5.07. The summed E-state index contributed by atoms with van der Waals surface area (Å²) in [6.45, 7) is 4.54. The lowest BCUT2D eigenvalue weighted by atomic mass is 9.81.